The zero-order chi connectivity index (χ0) is 14.2. The maximum atomic E-state index is 5.34. The van der Waals surface area contributed by atoms with Crippen LogP contribution < -0.4 is 20.3 Å². The molecule has 0 radical (unpaired) electrons. The van der Waals surface area contributed by atoms with Gasteiger partial charge >= 0.3 is 0 Å². The Morgan fingerprint density at radius 2 is 2.00 bits per heavy atom. The first-order chi connectivity index (χ1) is 9.78. The molecule has 0 bridgehead atoms. The Balaban J connectivity index is 1.66. The number of rotatable bonds is 5. The van der Waals surface area contributed by atoms with Crippen LogP contribution in [-0.4, -0.2) is 51.6 Å². The highest BCUT2D eigenvalue weighted by atomic mass is 32.1. The summed E-state index contributed by atoms with van der Waals surface area (Å²) in [6.45, 7) is 5.83. The van der Waals surface area contributed by atoms with Gasteiger partial charge in [0.2, 0.25) is 0 Å². The quantitative estimate of drug-likeness (QED) is 0.662. The van der Waals surface area contributed by atoms with Crippen LogP contribution in [0.15, 0.2) is 24.3 Å². The highest BCUT2D eigenvalue weighted by molar-refractivity contribution is 7.80. The normalized spacial score (nSPS) is 15.7. The van der Waals surface area contributed by atoms with Gasteiger partial charge in [-0.2, -0.15) is 0 Å². The molecule has 0 amide bonds. The van der Waals surface area contributed by atoms with Crippen molar-refractivity contribution in [3.63, 3.8) is 0 Å². The van der Waals surface area contributed by atoms with Crippen LogP contribution in [0.25, 0.3) is 0 Å². The number of anilines is 1. The van der Waals surface area contributed by atoms with Gasteiger partial charge in [0, 0.05) is 5.69 Å². The summed E-state index contributed by atoms with van der Waals surface area (Å²) in [4.78, 5) is 1.57. The first-order valence-corrected chi connectivity index (χ1v) is 7.29. The molecule has 1 saturated heterocycles. The molecular weight excluding hydrogens is 274 g/mol. The van der Waals surface area contributed by atoms with Crippen molar-refractivity contribution in [1.29, 1.82) is 0 Å². The Morgan fingerprint density at radius 1 is 1.30 bits per heavy atom. The first-order valence-electron chi connectivity index (χ1n) is 6.88. The molecule has 20 heavy (non-hydrogen) atoms. The van der Waals surface area contributed by atoms with Gasteiger partial charge in [0.1, 0.15) is 18.8 Å². The molecule has 0 aromatic heterocycles. The Labute approximate surface area is 125 Å². The molecule has 1 fully saturated rings. The van der Waals surface area contributed by atoms with Gasteiger partial charge in [-0.25, -0.2) is 0 Å². The van der Waals surface area contributed by atoms with Crippen LogP contribution in [0.1, 0.15) is 0 Å². The molecule has 0 aliphatic carbocycles. The number of hydrogen-bond donors (Lipinski definition) is 3. The first kappa shape index (κ1) is 15.0. The number of nitrogens with one attached hydrogen (secondary N) is 3. The van der Waals surface area contributed by atoms with E-state index < -0.39 is 0 Å². The van der Waals surface area contributed by atoms with Gasteiger partial charge < -0.3 is 25.0 Å². The van der Waals surface area contributed by atoms with Gasteiger partial charge in [0.05, 0.1) is 33.4 Å². The summed E-state index contributed by atoms with van der Waals surface area (Å²) in [7, 11) is 1.66. The Morgan fingerprint density at radius 3 is 2.65 bits per heavy atom. The minimum Gasteiger partial charge on any atom is -0.497 e. The van der Waals surface area contributed by atoms with Crippen LogP contribution >= 0.6 is 12.2 Å². The lowest BCUT2D eigenvalue weighted by molar-refractivity contribution is -0.906. The monoisotopic (exact) mass is 296 g/mol. The fraction of sp³-hybridized carbons (Fsp3) is 0.500. The largest absolute Gasteiger partial charge is 0.497 e. The fourth-order valence-corrected chi connectivity index (χ4v) is 2.33. The van der Waals surface area contributed by atoms with Crippen LogP contribution in [0, 0.1) is 0 Å². The zero-order valence-corrected chi connectivity index (χ0v) is 12.6. The second kappa shape index (κ2) is 8.04. The maximum absolute atomic E-state index is 5.34. The van der Waals surface area contributed by atoms with E-state index in [0.717, 1.165) is 50.8 Å². The molecule has 1 heterocycles. The van der Waals surface area contributed by atoms with Crippen molar-refractivity contribution in [2.75, 3.05) is 51.8 Å². The van der Waals surface area contributed by atoms with Gasteiger partial charge in [-0.3, -0.25) is 0 Å². The predicted molar refractivity (Wildman–Crippen MR) is 83.6 cm³/mol. The van der Waals surface area contributed by atoms with Crippen molar-refractivity contribution in [1.82, 2.24) is 5.32 Å². The maximum Gasteiger partial charge on any atom is 0.170 e. The minimum atomic E-state index is 0.655. The SMILES string of the molecule is COc1ccc(NC(=S)NCC[NH+]2CCOCC2)cc1. The van der Waals surface area contributed by atoms with E-state index >= 15 is 0 Å². The molecular formula is C14H22N3O2S+. The number of thiocarbonyl (C=S) groups is 1. The van der Waals surface area contributed by atoms with Crippen molar-refractivity contribution in [2.45, 2.75) is 0 Å². The standard InChI is InChI=1S/C14H21N3O2S/c1-18-13-4-2-12(3-5-13)16-14(20)15-6-7-17-8-10-19-11-9-17/h2-5H,6-11H2,1H3,(H2,15,16,20)/p+1. The average Bonchev–Trinajstić information content (AvgIpc) is 2.49. The van der Waals surface area contributed by atoms with Gasteiger partial charge in [0.25, 0.3) is 0 Å². The molecule has 1 aromatic carbocycles. The fourth-order valence-electron chi connectivity index (χ4n) is 2.11. The van der Waals surface area contributed by atoms with Crippen molar-refractivity contribution in [3.8, 4) is 5.75 Å². The second-order valence-corrected chi connectivity index (χ2v) is 5.13. The Kier molecular flexibility index (Phi) is 6.04. The summed E-state index contributed by atoms with van der Waals surface area (Å²) in [5.41, 5.74) is 0.960. The predicted octanol–water partition coefficient (Wildman–Crippen LogP) is -0.103. The summed E-state index contributed by atoms with van der Waals surface area (Å²) in [6.07, 6.45) is 0. The van der Waals surface area contributed by atoms with Crippen LogP contribution in [0.4, 0.5) is 5.69 Å². The third-order valence-corrected chi connectivity index (χ3v) is 3.56. The number of morpholine rings is 1. The summed E-state index contributed by atoms with van der Waals surface area (Å²) in [5.74, 6) is 0.838. The third-order valence-electron chi connectivity index (χ3n) is 3.31. The molecule has 2 rings (SSSR count). The van der Waals surface area contributed by atoms with E-state index in [1.54, 1.807) is 12.0 Å². The molecule has 1 aromatic rings. The minimum absolute atomic E-state index is 0.655. The van der Waals surface area contributed by atoms with Gasteiger partial charge in [0.15, 0.2) is 5.11 Å². The lowest BCUT2D eigenvalue weighted by atomic mass is 10.3. The van der Waals surface area contributed by atoms with E-state index in [4.69, 9.17) is 21.7 Å². The molecule has 110 valence electrons. The van der Waals surface area contributed by atoms with E-state index in [1.165, 1.54) is 0 Å². The molecule has 0 atom stereocenters. The van der Waals surface area contributed by atoms with Gasteiger partial charge in [-0.05, 0) is 36.5 Å². The topological polar surface area (TPSA) is 47.0 Å². The van der Waals surface area contributed by atoms with Crippen molar-refractivity contribution >= 4 is 23.0 Å². The summed E-state index contributed by atoms with van der Waals surface area (Å²) in [6, 6.07) is 7.70. The van der Waals surface area contributed by atoms with Crippen molar-refractivity contribution < 1.29 is 14.4 Å². The molecule has 0 unspecified atom stereocenters. The zero-order valence-electron chi connectivity index (χ0n) is 11.8. The molecule has 1 aliphatic heterocycles. The smallest absolute Gasteiger partial charge is 0.170 e. The summed E-state index contributed by atoms with van der Waals surface area (Å²) < 4.78 is 10.5. The average molecular weight is 296 g/mol. The molecule has 0 saturated carbocycles. The summed E-state index contributed by atoms with van der Waals surface area (Å²) >= 11 is 5.28. The van der Waals surface area contributed by atoms with E-state index in [-0.39, 0.29) is 0 Å². The van der Waals surface area contributed by atoms with E-state index in [9.17, 15) is 0 Å². The molecule has 6 heteroatoms. The number of methoxy groups -OCH3 is 1. The van der Waals surface area contributed by atoms with Crippen LogP contribution in [0.5, 0.6) is 5.75 Å². The van der Waals surface area contributed by atoms with Crippen molar-refractivity contribution in [2.24, 2.45) is 0 Å². The molecule has 1 aliphatic rings. The molecule has 5 nitrogen and oxygen atoms in total. The number of benzene rings is 1. The lowest BCUT2D eigenvalue weighted by Gasteiger charge is -2.24. The van der Waals surface area contributed by atoms with Gasteiger partial charge in [-0.15, -0.1) is 0 Å². The van der Waals surface area contributed by atoms with Crippen LogP contribution in [-0.2, 0) is 4.74 Å². The van der Waals surface area contributed by atoms with Crippen molar-refractivity contribution in [3.05, 3.63) is 24.3 Å². The Bertz CT molecular complexity index is 419. The number of ether oxygens (including phenoxy) is 2. The number of quaternary nitrogens is 1. The summed E-state index contributed by atoms with van der Waals surface area (Å²) in [5, 5.41) is 7.05. The second-order valence-electron chi connectivity index (χ2n) is 4.72. The third kappa shape index (κ3) is 4.96. The van der Waals surface area contributed by atoms with E-state index in [2.05, 4.69) is 10.6 Å². The molecule has 3 N–H and O–H groups in total. The number of hydrogen-bond acceptors (Lipinski definition) is 3. The highest BCUT2D eigenvalue weighted by Gasteiger charge is 2.12. The van der Waals surface area contributed by atoms with Gasteiger partial charge in [-0.1, -0.05) is 0 Å². The molecule has 0 spiro atoms. The van der Waals surface area contributed by atoms with Crippen LogP contribution in [0.3, 0.4) is 0 Å². The lowest BCUT2D eigenvalue weighted by Crippen LogP contribution is -3.14. The van der Waals surface area contributed by atoms with E-state index in [0.29, 0.717) is 5.11 Å². The Hall–Kier alpha value is -1.37. The van der Waals surface area contributed by atoms with Crippen LogP contribution in [0.2, 0.25) is 0 Å². The highest BCUT2D eigenvalue weighted by Crippen LogP contribution is 2.14. The van der Waals surface area contributed by atoms with E-state index in [1.807, 2.05) is 24.3 Å².